The van der Waals surface area contributed by atoms with Crippen molar-refractivity contribution in [3.8, 4) is 0 Å². The fraction of sp³-hybridized carbons (Fsp3) is 0.429. The number of aliphatic carboxylic acids is 1. The molecule has 1 unspecified atom stereocenters. The number of aryl methyl sites for hydroxylation is 1. The van der Waals surface area contributed by atoms with Crippen LogP contribution < -0.4 is 10.6 Å². The summed E-state index contributed by atoms with van der Waals surface area (Å²) in [6.07, 6.45) is 0. The van der Waals surface area contributed by atoms with Crippen LogP contribution in [0.15, 0.2) is 22.7 Å². The lowest BCUT2D eigenvalue weighted by Gasteiger charge is -2.32. The fourth-order valence-corrected chi connectivity index (χ4v) is 2.87. The van der Waals surface area contributed by atoms with Gasteiger partial charge in [-0.2, -0.15) is 0 Å². The number of carboxylic acids is 1. The number of anilines is 1. The van der Waals surface area contributed by atoms with Crippen LogP contribution in [0.4, 0.5) is 5.69 Å². The van der Waals surface area contributed by atoms with Crippen molar-refractivity contribution in [2.24, 2.45) is 0 Å². The summed E-state index contributed by atoms with van der Waals surface area (Å²) in [5.74, 6) is -1.13. The van der Waals surface area contributed by atoms with Crippen molar-refractivity contribution in [2.75, 3.05) is 31.5 Å². The van der Waals surface area contributed by atoms with Crippen LogP contribution in [-0.2, 0) is 9.59 Å². The maximum atomic E-state index is 12.1. The Morgan fingerprint density at radius 3 is 2.95 bits per heavy atom. The van der Waals surface area contributed by atoms with Crippen molar-refractivity contribution in [1.29, 1.82) is 0 Å². The number of carboxylic acid groups (broad SMARTS) is 1. The second-order valence-electron chi connectivity index (χ2n) is 5.06. The van der Waals surface area contributed by atoms with E-state index in [1.54, 1.807) is 4.90 Å². The lowest BCUT2D eigenvalue weighted by molar-refractivity contribution is -0.144. The molecule has 6 nitrogen and oxygen atoms in total. The van der Waals surface area contributed by atoms with E-state index < -0.39 is 12.0 Å². The number of halogens is 1. The van der Waals surface area contributed by atoms with Gasteiger partial charge in [0, 0.05) is 24.1 Å². The molecule has 0 aromatic heterocycles. The van der Waals surface area contributed by atoms with Crippen LogP contribution >= 0.6 is 15.9 Å². The molecule has 1 heterocycles. The van der Waals surface area contributed by atoms with Crippen molar-refractivity contribution >= 4 is 33.5 Å². The molecule has 21 heavy (non-hydrogen) atoms. The quantitative estimate of drug-likeness (QED) is 0.752. The smallest absolute Gasteiger partial charge is 0.322 e. The number of benzene rings is 1. The van der Waals surface area contributed by atoms with Crippen LogP contribution in [0.25, 0.3) is 0 Å². The van der Waals surface area contributed by atoms with E-state index in [0.29, 0.717) is 25.3 Å². The van der Waals surface area contributed by atoms with E-state index in [1.807, 2.05) is 25.1 Å². The number of amides is 1. The molecule has 1 aromatic rings. The summed E-state index contributed by atoms with van der Waals surface area (Å²) in [5, 5.41) is 15.0. The van der Waals surface area contributed by atoms with Gasteiger partial charge in [0.2, 0.25) is 5.91 Å². The van der Waals surface area contributed by atoms with E-state index in [-0.39, 0.29) is 12.5 Å². The van der Waals surface area contributed by atoms with Gasteiger partial charge in [0.15, 0.2) is 0 Å². The fourth-order valence-electron chi connectivity index (χ4n) is 2.27. The number of nitrogens with one attached hydrogen (secondary N) is 2. The number of carbonyl (C=O) groups is 2. The van der Waals surface area contributed by atoms with E-state index >= 15 is 0 Å². The minimum atomic E-state index is -0.911. The van der Waals surface area contributed by atoms with Gasteiger partial charge in [0.25, 0.3) is 0 Å². The molecule has 1 amide bonds. The molecule has 1 fully saturated rings. The number of carbonyl (C=O) groups excluding carboxylic acids is 1. The molecule has 1 atom stereocenters. The van der Waals surface area contributed by atoms with Crippen molar-refractivity contribution < 1.29 is 14.7 Å². The first-order chi connectivity index (χ1) is 9.97. The molecule has 1 saturated heterocycles. The van der Waals surface area contributed by atoms with Gasteiger partial charge in [-0.1, -0.05) is 6.07 Å². The zero-order valence-corrected chi connectivity index (χ0v) is 13.3. The SMILES string of the molecule is Cc1ccc(NC(=O)CN2CCNCC2C(=O)O)c(Br)c1. The van der Waals surface area contributed by atoms with Crippen LogP contribution in [0.1, 0.15) is 5.56 Å². The highest BCUT2D eigenvalue weighted by Crippen LogP contribution is 2.23. The molecule has 3 N–H and O–H groups in total. The molecule has 1 aromatic carbocycles. The predicted octanol–water partition coefficient (Wildman–Crippen LogP) is 1.05. The lowest BCUT2D eigenvalue weighted by Crippen LogP contribution is -2.56. The summed E-state index contributed by atoms with van der Waals surface area (Å²) in [4.78, 5) is 25.0. The monoisotopic (exact) mass is 355 g/mol. The molecule has 1 aliphatic rings. The first-order valence-electron chi connectivity index (χ1n) is 6.71. The maximum Gasteiger partial charge on any atom is 0.322 e. The van der Waals surface area contributed by atoms with Crippen molar-refractivity contribution in [3.63, 3.8) is 0 Å². The Kier molecular flexibility index (Phi) is 5.33. The average molecular weight is 356 g/mol. The second kappa shape index (κ2) is 7.02. The summed E-state index contributed by atoms with van der Waals surface area (Å²) < 4.78 is 0.811. The molecular formula is C14H18BrN3O3. The molecule has 0 radical (unpaired) electrons. The van der Waals surface area contributed by atoms with Gasteiger partial charge in [-0.25, -0.2) is 0 Å². The van der Waals surface area contributed by atoms with Crippen LogP contribution in [0, 0.1) is 6.92 Å². The number of piperazine rings is 1. The van der Waals surface area contributed by atoms with Gasteiger partial charge in [-0.05, 0) is 40.5 Å². The zero-order chi connectivity index (χ0) is 15.4. The minimum Gasteiger partial charge on any atom is -0.480 e. The van der Waals surface area contributed by atoms with E-state index in [2.05, 4.69) is 26.6 Å². The third-order valence-electron chi connectivity index (χ3n) is 3.38. The van der Waals surface area contributed by atoms with Crippen LogP contribution in [0.2, 0.25) is 0 Å². The molecule has 0 spiro atoms. The second-order valence-corrected chi connectivity index (χ2v) is 5.91. The number of rotatable bonds is 4. The summed E-state index contributed by atoms with van der Waals surface area (Å²) >= 11 is 3.40. The normalized spacial score (nSPS) is 19.2. The highest BCUT2D eigenvalue weighted by atomic mass is 79.9. The molecule has 0 bridgehead atoms. The highest BCUT2D eigenvalue weighted by molar-refractivity contribution is 9.10. The van der Waals surface area contributed by atoms with Crippen LogP contribution in [0.5, 0.6) is 0 Å². The topological polar surface area (TPSA) is 81.7 Å². The zero-order valence-electron chi connectivity index (χ0n) is 11.7. The van der Waals surface area contributed by atoms with E-state index in [9.17, 15) is 9.59 Å². The van der Waals surface area contributed by atoms with E-state index in [4.69, 9.17) is 5.11 Å². The van der Waals surface area contributed by atoms with Crippen molar-refractivity contribution in [1.82, 2.24) is 10.2 Å². The minimum absolute atomic E-state index is 0.0684. The molecule has 0 aliphatic carbocycles. The average Bonchev–Trinajstić information content (AvgIpc) is 2.42. The summed E-state index contributed by atoms with van der Waals surface area (Å²) in [5.41, 5.74) is 1.78. The Balaban J connectivity index is 1.98. The third kappa shape index (κ3) is 4.26. The highest BCUT2D eigenvalue weighted by Gasteiger charge is 2.29. The molecule has 114 valence electrons. The molecule has 7 heteroatoms. The number of nitrogens with zero attached hydrogens (tertiary/aromatic N) is 1. The Morgan fingerprint density at radius 1 is 1.52 bits per heavy atom. The Hall–Kier alpha value is -1.44. The summed E-state index contributed by atoms with van der Waals surface area (Å²) in [6, 6.07) is 4.99. The van der Waals surface area contributed by atoms with Crippen molar-refractivity contribution in [3.05, 3.63) is 28.2 Å². The number of hydrogen-bond acceptors (Lipinski definition) is 4. The van der Waals surface area contributed by atoms with E-state index in [0.717, 1.165) is 10.0 Å². The number of hydrogen-bond donors (Lipinski definition) is 3. The molecular weight excluding hydrogens is 338 g/mol. The van der Waals surface area contributed by atoms with Gasteiger partial charge >= 0.3 is 5.97 Å². The summed E-state index contributed by atoms with van der Waals surface area (Å²) in [6.45, 7) is 3.62. The first-order valence-corrected chi connectivity index (χ1v) is 7.50. The van der Waals surface area contributed by atoms with Gasteiger partial charge in [-0.15, -0.1) is 0 Å². The lowest BCUT2D eigenvalue weighted by atomic mass is 10.2. The van der Waals surface area contributed by atoms with E-state index in [1.165, 1.54) is 0 Å². The largest absolute Gasteiger partial charge is 0.480 e. The predicted molar refractivity (Wildman–Crippen MR) is 83.4 cm³/mol. The maximum absolute atomic E-state index is 12.1. The van der Waals surface area contributed by atoms with Gasteiger partial charge < -0.3 is 15.7 Å². The molecule has 0 saturated carbocycles. The Morgan fingerprint density at radius 2 is 2.29 bits per heavy atom. The van der Waals surface area contributed by atoms with Gasteiger partial charge in [0.05, 0.1) is 12.2 Å². The Bertz CT molecular complexity index is 550. The molecule has 1 aliphatic heterocycles. The van der Waals surface area contributed by atoms with Gasteiger partial charge in [-0.3, -0.25) is 14.5 Å². The Labute approximate surface area is 131 Å². The van der Waals surface area contributed by atoms with Crippen LogP contribution in [-0.4, -0.2) is 54.1 Å². The summed E-state index contributed by atoms with van der Waals surface area (Å²) in [7, 11) is 0. The molecule has 2 rings (SSSR count). The van der Waals surface area contributed by atoms with Gasteiger partial charge in [0.1, 0.15) is 6.04 Å². The van der Waals surface area contributed by atoms with Crippen LogP contribution in [0.3, 0.4) is 0 Å². The third-order valence-corrected chi connectivity index (χ3v) is 4.04. The first kappa shape index (κ1) is 15.9. The van der Waals surface area contributed by atoms with Crippen molar-refractivity contribution in [2.45, 2.75) is 13.0 Å². The standard InChI is InChI=1S/C14H18BrN3O3/c1-9-2-3-11(10(15)6-9)17-13(19)8-18-5-4-16-7-12(18)14(20)21/h2-3,6,12,16H,4-5,7-8H2,1H3,(H,17,19)(H,20,21).